The van der Waals surface area contributed by atoms with Gasteiger partial charge in [-0.05, 0) is 6.92 Å². The summed E-state index contributed by atoms with van der Waals surface area (Å²) < 4.78 is 13.5. The van der Waals surface area contributed by atoms with Crippen molar-refractivity contribution >= 4 is 5.97 Å². The van der Waals surface area contributed by atoms with Gasteiger partial charge < -0.3 is 15.9 Å². The van der Waals surface area contributed by atoms with Gasteiger partial charge in [0.15, 0.2) is 0 Å². The zero-order valence-corrected chi connectivity index (χ0v) is 4.38. The molecule has 0 radical (unpaired) electrons. The highest BCUT2D eigenvalue weighted by Crippen LogP contribution is 1.85. The molecule has 4 N–H and O–H groups in total. The van der Waals surface area contributed by atoms with Gasteiger partial charge in [-0.1, -0.05) is 0 Å². The molecular formula is C4H9NO3. The Hall–Kier alpha value is -0.610. The minimum absolute atomic E-state index is 0.841. The Morgan fingerprint density at radius 3 is 2.38 bits per heavy atom. The Labute approximate surface area is 49.7 Å². The SMILES string of the molecule is [2H][13C](C)(O)[13C@@]([2H])(N)C(=O)O. The summed E-state index contributed by atoms with van der Waals surface area (Å²) in [5.41, 5.74) is 4.77. The zero-order valence-electron chi connectivity index (χ0n) is 6.38. The van der Waals surface area contributed by atoms with Gasteiger partial charge in [-0.3, -0.25) is 4.79 Å². The number of carboxylic acid groups (broad SMARTS) is 1. The normalized spacial score (nSPS) is 28.9. The summed E-state index contributed by atoms with van der Waals surface area (Å²) >= 11 is 0. The highest BCUT2D eigenvalue weighted by molar-refractivity contribution is 5.73. The van der Waals surface area contributed by atoms with Crippen molar-refractivity contribution in [3.8, 4) is 0 Å². The Bertz CT molecular complexity index is 151. The largest absolute Gasteiger partial charge is 0.480 e. The van der Waals surface area contributed by atoms with Gasteiger partial charge in [0.25, 0.3) is 0 Å². The average Bonchev–Trinajstić information content (AvgIpc) is 1.62. The third-order valence-electron chi connectivity index (χ3n) is 0.620. The Morgan fingerprint density at radius 1 is 2.00 bits per heavy atom. The van der Waals surface area contributed by atoms with Gasteiger partial charge in [0.1, 0.15) is 6.02 Å². The molecule has 0 aromatic rings. The van der Waals surface area contributed by atoms with Crippen LogP contribution in [0.3, 0.4) is 0 Å². The Balaban J connectivity index is 4.57. The molecule has 0 aromatic heterocycles. The van der Waals surface area contributed by atoms with E-state index in [0.717, 1.165) is 6.92 Å². The highest BCUT2D eigenvalue weighted by atomic mass is 16.4. The Kier molecular flexibility index (Phi) is 1.41. The molecule has 4 heteroatoms. The molecule has 0 saturated heterocycles. The molecule has 2 atom stereocenters. The van der Waals surface area contributed by atoms with Crippen LogP contribution < -0.4 is 5.73 Å². The lowest BCUT2D eigenvalue weighted by atomic mass is 10.8. The number of hydrogen-bond acceptors (Lipinski definition) is 3. The first-order valence-corrected chi connectivity index (χ1v) is 1.94. The van der Waals surface area contributed by atoms with Gasteiger partial charge in [0.05, 0.1) is 8.82 Å². The first-order valence-electron chi connectivity index (χ1n) is 2.94. The summed E-state index contributed by atoms with van der Waals surface area (Å²) in [6.07, 6.45) is -2.49. The molecule has 8 heavy (non-hydrogen) atoms. The quantitative estimate of drug-likeness (QED) is 0.402. The standard InChI is InChI=1S/C4H9NO3/c1-2(6)3(5)4(7)8/h2-3,6H,5H2,1H3,(H,7,8)/t2?,3-/m1/s1/i2+1D,3+1D. The minimum atomic E-state index is -2.67. The third-order valence-corrected chi connectivity index (χ3v) is 0.620. The van der Waals surface area contributed by atoms with Crippen molar-refractivity contribution in [1.82, 2.24) is 0 Å². The molecule has 0 rings (SSSR count). The van der Waals surface area contributed by atoms with Crippen LogP contribution in [0.4, 0.5) is 0 Å². The van der Waals surface area contributed by atoms with Crippen LogP contribution in [-0.2, 0) is 4.79 Å². The van der Waals surface area contributed by atoms with E-state index in [1.54, 1.807) is 0 Å². The van der Waals surface area contributed by atoms with E-state index in [0.29, 0.717) is 0 Å². The average molecular weight is 123 g/mol. The smallest absolute Gasteiger partial charge is 0.323 e. The molecule has 0 saturated carbocycles. The van der Waals surface area contributed by atoms with Crippen molar-refractivity contribution in [1.29, 1.82) is 0 Å². The first kappa shape index (κ1) is 4.29. The van der Waals surface area contributed by atoms with Crippen molar-refractivity contribution in [3.05, 3.63) is 0 Å². The number of hydrogen-bond donors (Lipinski definition) is 3. The maximum atomic E-state index is 10.1. The molecular weight excluding hydrogens is 112 g/mol. The summed E-state index contributed by atoms with van der Waals surface area (Å²) in [5, 5.41) is 16.9. The van der Waals surface area contributed by atoms with E-state index >= 15 is 0 Å². The molecule has 0 aliphatic carbocycles. The number of nitrogens with two attached hydrogens (primary N) is 1. The van der Waals surface area contributed by atoms with Crippen molar-refractivity contribution in [3.63, 3.8) is 0 Å². The van der Waals surface area contributed by atoms with Gasteiger partial charge in [0, 0.05) is 0 Å². The van der Waals surface area contributed by atoms with E-state index in [2.05, 4.69) is 0 Å². The van der Waals surface area contributed by atoms with Crippen molar-refractivity contribution in [2.45, 2.75) is 19.0 Å². The van der Waals surface area contributed by atoms with Gasteiger partial charge in [-0.25, -0.2) is 0 Å². The molecule has 4 nitrogen and oxygen atoms in total. The second kappa shape index (κ2) is 2.64. The molecule has 1 unspecified atom stereocenters. The molecule has 48 valence electrons. The van der Waals surface area contributed by atoms with E-state index in [-0.39, 0.29) is 0 Å². The molecule has 0 amide bonds. The number of carbonyl (C=O) groups is 1. The fraction of sp³-hybridized carbons (Fsp3) is 0.750. The van der Waals surface area contributed by atoms with Gasteiger partial charge in [0.2, 0.25) is 0 Å². The predicted molar refractivity (Wildman–Crippen MR) is 27.3 cm³/mol. The third kappa shape index (κ3) is 1.90. The molecule has 0 aromatic carbocycles. The lowest BCUT2D eigenvalue weighted by molar-refractivity contribution is -0.140. The van der Waals surface area contributed by atoms with Gasteiger partial charge in [-0.2, -0.15) is 0 Å². The fourth-order valence-corrected chi connectivity index (χ4v) is 0.155. The lowest BCUT2D eigenvalue weighted by Gasteiger charge is -2.06. The summed E-state index contributed by atoms with van der Waals surface area (Å²) in [4.78, 5) is 10.1. The number of aliphatic carboxylic acids is 1. The lowest BCUT2D eigenvalue weighted by Crippen LogP contribution is -2.39. The minimum Gasteiger partial charge on any atom is -0.480 e. The van der Waals surface area contributed by atoms with Crippen LogP contribution in [0.2, 0.25) is 0 Å². The van der Waals surface area contributed by atoms with Crippen LogP contribution in [0.1, 0.15) is 9.67 Å². The molecule has 0 fully saturated rings. The topological polar surface area (TPSA) is 83.5 Å². The van der Waals surface area contributed by atoms with Crippen molar-refractivity contribution in [2.24, 2.45) is 5.73 Å². The van der Waals surface area contributed by atoms with Crippen LogP contribution in [0.5, 0.6) is 0 Å². The second-order valence-corrected chi connectivity index (χ2v) is 1.30. The van der Waals surface area contributed by atoms with Gasteiger partial charge in [-0.15, -0.1) is 0 Å². The number of carboxylic acids is 1. The van der Waals surface area contributed by atoms with Crippen molar-refractivity contribution in [2.75, 3.05) is 0 Å². The van der Waals surface area contributed by atoms with Crippen LogP contribution >= 0.6 is 0 Å². The second-order valence-electron chi connectivity index (χ2n) is 1.30. The first-order chi connectivity index (χ1) is 4.19. The number of aliphatic hydroxyl groups is 1. The van der Waals surface area contributed by atoms with Gasteiger partial charge >= 0.3 is 5.97 Å². The summed E-state index contributed by atoms with van der Waals surface area (Å²) in [6.45, 7) is 0.841. The van der Waals surface area contributed by atoms with Crippen molar-refractivity contribution < 1.29 is 17.7 Å². The summed E-state index contributed by atoms with van der Waals surface area (Å²) in [7, 11) is 0. The van der Waals surface area contributed by atoms with Crippen LogP contribution in [-0.4, -0.2) is 28.3 Å². The maximum absolute atomic E-state index is 10.1. The van der Waals surface area contributed by atoms with E-state index < -0.39 is 18.1 Å². The van der Waals surface area contributed by atoms with Crippen LogP contribution in [0, 0.1) is 0 Å². The maximum Gasteiger partial charge on any atom is 0.323 e. The summed E-state index contributed by atoms with van der Waals surface area (Å²) in [6, 6.07) is -2.67. The molecule has 0 spiro atoms. The fourth-order valence-electron chi connectivity index (χ4n) is 0.155. The Morgan fingerprint density at radius 2 is 2.38 bits per heavy atom. The molecule has 0 aliphatic rings. The van der Waals surface area contributed by atoms with E-state index in [9.17, 15) is 4.79 Å². The van der Waals surface area contributed by atoms with E-state index in [1.807, 2.05) is 0 Å². The zero-order chi connectivity index (χ0) is 8.58. The molecule has 0 bridgehead atoms. The number of rotatable bonds is 2. The monoisotopic (exact) mass is 123 g/mol. The van der Waals surface area contributed by atoms with E-state index in [1.165, 1.54) is 0 Å². The summed E-state index contributed by atoms with van der Waals surface area (Å²) in [5.74, 6) is -1.73. The van der Waals surface area contributed by atoms with E-state index in [4.69, 9.17) is 18.7 Å². The predicted octanol–water partition coefficient (Wildman–Crippen LogP) is -1.22. The van der Waals surface area contributed by atoms with Crippen LogP contribution in [0.25, 0.3) is 0 Å². The van der Waals surface area contributed by atoms with Crippen LogP contribution in [0.15, 0.2) is 0 Å². The highest BCUT2D eigenvalue weighted by Gasteiger charge is 2.16. The molecule has 0 aliphatic heterocycles. The molecule has 0 heterocycles.